The molecule has 1 aliphatic rings. The van der Waals surface area contributed by atoms with Gasteiger partial charge < -0.3 is 10.6 Å². The van der Waals surface area contributed by atoms with Gasteiger partial charge in [0.2, 0.25) is 5.95 Å². The van der Waals surface area contributed by atoms with E-state index in [1.165, 1.54) is 0 Å². The van der Waals surface area contributed by atoms with E-state index in [4.69, 9.17) is 0 Å². The van der Waals surface area contributed by atoms with E-state index in [2.05, 4.69) is 25.6 Å². The van der Waals surface area contributed by atoms with Crippen LogP contribution in [-0.4, -0.2) is 38.7 Å². The first-order chi connectivity index (χ1) is 10.4. The number of rotatable bonds is 3. The van der Waals surface area contributed by atoms with E-state index >= 15 is 0 Å². The molecule has 21 heavy (non-hydrogen) atoms. The second-order valence-corrected chi connectivity index (χ2v) is 5.18. The molecule has 0 saturated carbocycles. The highest BCUT2D eigenvalue weighted by atomic mass is 15.2. The summed E-state index contributed by atoms with van der Waals surface area (Å²) in [7, 11) is 0. The predicted molar refractivity (Wildman–Crippen MR) is 81.6 cm³/mol. The standard InChI is InChI=1S/C15H16N6/c1-2-4-13-12(3-1)18-10-21(13)14-6-8-17-15(20-14)19-11-5-7-16-9-11/h1-4,6,8,10-11,16H,5,7,9H2,(H,17,19,20). The number of hydrogen-bond acceptors (Lipinski definition) is 5. The number of imidazole rings is 1. The number of hydrogen-bond donors (Lipinski definition) is 2. The van der Waals surface area contributed by atoms with Crippen molar-refractivity contribution in [1.29, 1.82) is 0 Å². The van der Waals surface area contributed by atoms with Gasteiger partial charge in [0.15, 0.2) is 0 Å². The van der Waals surface area contributed by atoms with Gasteiger partial charge in [-0.3, -0.25) is 4.57 Å². The van der Waals surface area contributed by atoms with Gasteiger partial charge in [0, 0.05) is 18.8 Å². The maximum atomic E-state index is 4.60. The molecule has 6 heteroatoms. The summed E-state index contributed by atoms with van der Waals surface area (Å²) in [4.78, 5) is 13.3. The molecule has 2 N–H and O–H groups in total. The Labute approximate surface area is 122 Å². The highest BCUT2D eigenvalue weighted by molar-refractivity contribution is 5.76. The molecule has 1 aliphatic heterocycles. The smallest absolute Gasteiger partial charge is 0.224 e. The van der Waals surface area contributed by atoms with Crippen molar-refractivity contribution >= 4 is 17.0 Å². The van der Waals surface area contributed by atoms with Crippen molar-refractivity contribution in [2.45, 2.75) is 12.5 Å². The molecule has 0 aliphatic carbocycles. The van der Waals surface area contributed by atoms with Gasteiger partial charge in [-0.05, 0) is 31.2 Å². The first-order valence-electron chi connectivity index (χ1n) is 7.13. The van der Waals surface area contributed by atoms with Crippen molar-refractivity contribution in [2.75, 3.05) is 18.4 Å². The Morgan fingerprint density at radius 2 is 2.14 bits per heavy atom. The summed E-state index contributed by atoms with van der Waals surface area (Å²) in [5.41, 5.74) is 2.01. The summed E-state index contributed by atoms with van der Waals surface area (Å²) in [6.45, 7) is 2.01. The van der Waals surface area contributed by atoms with Gasteiger partial charge in [0.05, 0.1) is 11.0 Å². The molecule has 0 radical (unpaired) electrons. The van der Waals surface area contributed by atoms with E-state index in [1.54, 1.807) is 12.5 Å². The topological polar surface area (TPSA) is 67.7 Å². The lowest BCUT2D eigenvalue weighted by molar-refractivity contribution is 0.778. The van der Waals surface area contributed by atoms with Crippen LogP contribution in [0.3, 0.4) is 0 Å². The summed E-state index contributed by atoms with van der Waals surface area (Å²) in [5.74, 6) is 1.49. The predicted octanol–water partition coefficient (Wildman–Crippen LogP) is 1.59. The number of fused-ring (bicyclic) bond motifs is 1. The third-order valence-corrected chi connectivity index (χ3v) is 3.73. The van der Waals surface area contributed by atoms with Gasteiger partial charge in [-0.15, -0.1) is 0 Å². The quantitative estimate of drug-likeness (QED) is 0.762. The number of aromatic nitrogens is 4. The normalized spacial score (nSPS) is 18.2. The highest BCUT2D eigenvalue weighted by Crippen LogP contribution is 2.17. The lowest BCUT2D eigenvalue weighted by Crippen LogP contribution is -2.23. The number of anilines is 1. The van der Waals surface area contributed by atoms with Gasteiger partial charge in [0.25, 0.3) is 0 Å². The van der Waals surface area contributed by atoms with Gasteiger partial charge in [-0.2, -0.15) is 4.98 Å². The van der Waals surface area contributed by atoms with Crippen molar-refractivity contribution < 1.29 is 0 Å². The summed E-state index contributed by atoms with van der Waals surface area (Å²) in [6.07, 6.45) is 4.68. The summed E-state index contributed by atoms with van der Waals surface area (Å²) in [6, 6.07) is 10.3. The molecule has 4 rings (SSSR count). The molecule has 106 valence electrons. The van der Waals surface area contributed by atoms with Gasteiger partial charge in [0.1, 0.15) is 12.1 Å². The number of para-hydroxylation sites is 2. The first kappa shape index (κ1) is 12.3. The number of nitrogens with zero attached hydrogens (tertiary/aromatic N) is 4. The Kier molecular flexibility index (Phi) is 3.01. The van der Waals surface area contributed by atoms with E-state index < -0.39 is 0 Å². The molecule has 2 aromatic heterocycles. The molecule has 1 unspecified atom stereocenters. The summed E-state index contributed by atoms with van der Waals surface area (Å²) >= 11 is 0. The van der Waals surface area contributed by atoms with Crippen LogP contribution in [0.5, 0.6) is 0 Å². The number of nitrogens with one attached hydrogen (secondary N) is 2. The molecule has 3 aromatic rings. The van der Waals surface area contributed by atoms with Crippen LogP contribution < -0.4 is 10.6 Å². The van der Waals surface area contributed by atoms with E-state index in [-0.39, 0.29) is 0 Å². The maximum Gasteiger partial charge on any atom is 0.224 e. The molecule has 3 heterocycles. The SMILES string of the molecule is c1ccc2c(c1)ncn2-c1ccnc(NC2CCNC2)n1. The molecular formula is C15H16N6. The molecule has 1 atom stereocenters. The third-order valence-electron chi connectivity index (χ3n) is 3.73. The fourth-order valence-electron chi connectivity index (χ4n) is 2.66. The van der Waals surface area contributed by atoms with E-state index in [0.29, 0.717) is 12.0 Å². The van der Waals surface area contributed by atoms with Crippen LogP contribution in [0.4, 0.5) is 5.95 Å². The van der Waals surface area contributed by atoms with E-state index in [0.717, 1.165) is 36.4 Å². The van der Waals surface area contributed by atoms with Gasteiger partial charge in [-0.25, -0.2) is 9.97 Å². The Bertz CT molecular complexity index is 759. The fourth-order valence-corrected chi connectivity index (χ4v) is 2.66. The lowest BCUT2D eigenvalue weighted by atomic mass is 10.3. The van der Waals surface area contributed by atoms with Crippen molar-refractivity contribution in [3.05, 3.63) is 42.9 Å². The lowest BCUT2D eigenvalue weighted by Gasteiger charge is -2.12. The molecule has 1 fully saturated rings. The second kappa shape index (κ2) is 5.14. The molecule has 6 nitrogen and oxygen atoms in total. The second-order valence-electron chi connectivity index (χ2n) is 5.18. The molecule has 1 aromatic carbocycles. The van der Waals surface area contributed by atoms with E-state index in [1.807, 2.05) is 34.9 Å². The number of benzene rings is 1. The Hall–Kier alpha value is -2.47. The van der Waals surface area contributed by atoms with Crippen LogP contribution in [0.25, 0.3) is 16.9 Å². The van der Waals surface area contributed by atoms with Crippen LogP contribution in [0.15, 0.2) is 42.9 Å². The maximum absolute atomic E-state index is 4.60. The van der Waals surface area contributed by atoms with Crippen LogP contribution in [0.2, 0.25) is 0 Å². The Balaban J connectivity index is 1.68. The van der Waals surface area contributed by atoms with Crippen LogP contribution in [-0.2, 0) is 0 Å². The average Bonchev–Trinajstić information content (AvgIpc) is 3.16. The van der Waals surface area contributed by atoms with Gasteiger partial charge in [-0.1, -0.05) is 12.1 Å². The molecule has 0 spiro atoms. The zero-order valence-corrected chi connectivity index (χ0v) is 11.5. The van der Waals surface area contributed by atoms with Crippen LogP contribution in [0.1, 0.15) is 6.42 Å². The Morgan fingerprint density at radius 3 is 3.05 bits per heavy atom. The molecule has 1 saturated heterocycles. The molecule has 0 bridgehead atoms. The zero-order chi connectivity index (χ0) is 14.1. The van der Waals surface area contributed by atoms with Gasteiger partial charge >= 0.3 is 0 Å². The summed E-state index contributed by atoms with van der Waals surface area (Å²) < 4.78 is 1.98. The highest BCUT2D eigenvalue weighted by Gasteiger charge is 2.15. The minimum Gasteiger partial charge on any atom is -0.350 e. The third kappa shape index (κ3) is 2.34. The van der Waals surface area contributed by atoms with Crippen molar-refractivity contribution in [1.82, 2.24) is 24.8 Å². The minimum atomic E-state index is 0.403. The van der Waals surface area contributed by atoms with Crippen molar-refractivity contribution in [3.8, 4) is 5.82 Å². The van der Waals surface area contributed by atoms with Crippen molar-refractivity contribution in [2.24, 2.45) is 0 Å². The first-order valence-corrected chi connectivity index (χ1v) is 7.13. The monoisotopic (exact) mass is 280 g/mol. The largest absolute Gasteiger partial charge is 0.350 e. The zero-order valence-electron chi connectivity index (χ0n) is 11.5. The van der Waals surface area contributed by atoms with Crippen molar-refractivity contribution in [3.63, 3.8) is 0 Å². The minimum absolute atomic E-state index is 0.403. The Morgan fingerprint density at radius 1 is 1.19 bits per heavy atom. The van der Waals surface area contributed by atoms with Crippen LogP contribution in [0, 0.1) is 0 Å². The molecular weight excluding hydrogens is 264 g/mol. The summed E-state index contributed by atoms with van der Waals surface area (Å²) in [5, 5.41) is 6.70. The fraction of sp³-hybridized carbons (Fsp3) is 0.267. The molecule has 0 amide bonds. The average molecular weight is 280 g/mol. The van der Waals surface area contributed by atoms with Crippen LogP contribution >= 0.6 is 0 Å². The van der Waals surface area contributed by atoms with E-state index in [9.17, 15) is 0 Å².